The number of benzene rings is 2. The zero-order valence-electron chi connectivity index (χ0n) is 11.2. The lowest BCUT2D eigenvalue weighted by atomic mass is 10.1. The Morgan fingerprint density at radius 2 is 1.84 bits per heavy atom. The summed E-state index contributed by atoms with van der Waals surface area (Å²) < 4.78 is 5.94. The molecule has 0 radical (unpaired) electrons. The van der Waals surface area contributed by atoms with Gasteiger partial charge >= 0.3 is 0 Å². The molecule has 100 valence electrons. The van der Waals surface area contributed by atoms with Crippen LogP contribution in [0.3, 0.4) is 0 Å². The Morgan fingerprint density at radius 3 is 2.47 bits per heavy atom. The largest absolute Gasteiger partial charge is 0.486 e. The molecule has 0 bridgehead atoms. The molecule has 2 rings (SSSR count). The van der Waals surface area contributed by atoms with Gasteiger partial charge < -0.3 is 10.5 Å². The second-order valence-corrected chi connectivity index (χ2v) is 4.94. The van der Waals surface area contributed by atoms with E-state index in [4.69, 9.17) is 22.1 Å². The van der Waals surface area contributed by atoms with E-state index in [1.54, 1.807) is 0 Å². The first-order valence-corrected chi connectivity index (χ1v) is 6.78. The van der Waals surface area contributed by atoms with Crippen LogP contribution in [0.5, 0.6) is 5.75 Å². The molecule has 1 atom stereocenters. The normalized spacial score (nSPS) is 12.2. The maximum absolute atomic E-state index is 6.10. The Hall–Kier alpha value is -1.67. The second kappa shape index (κ2) is 5.98. The Balaban J connectivity index is 2.14. The third-order valence-electron chi connectivity index (χ3n) is 3.12. The third kappa shape index (κ3) is 3.42. The van der Waals surface area contributed by atoms with Gasteiger partial charge in [-0.15, -0.1) is 0 Å². The zero-order chi connectivity index (χ0) is 13.8. The van der Waals surface area contributed by atoms with Crippen LogP contribution in [0.25, 0.3) is 0 Å². The topological polar surface area (TPSA) is 35.2 Å². The van der Waals surface area contributed by atoms with E-state index in [0.717, 1.165) is 34.0 Å². The predicted octanol–water partition coefficient (Wildman–Crippen LogP) is 4.62. The predicted molar refractivity (Wildman–Crippen MR) is 80.7 cm³/mol. The molecule has 3 heteroatoms. The Morgan fingerprint density at radius 1 is 1.16 bits per heavy atom. The molecular weight excluding hydrogens is 258 g/mol. The van der Waals surface area contributed by atoms with Crippen LogP contribution in [0.1, 0.15) is 31.1 Å². The molecule has 2 nitrogen and oxygen atoms in total. The SMILES string of the molecule is CCc1cc(OC(C)c2ccc(N)cc2)ccc1Cl. The molecule has 1 unspecified atom stereocenters. The van der Waals surface area contributed by atoms with E-state index in [2.05, 4.69) is 6.92 Å². The Labute approximate surface area is 119 Å². The van der Waals surface area contributed by atoms with Crippen molar-refractivity contribution < 1.29 is 4.74 Å². The molecule has 0 aromatic heterocycles. The quantitative estimate of drug-likeness (QED) is 0.826. The van der Waals surface area contributed by atoms with E-state index in [-0.39, 0.29) is 6.10 Å². The molecule has 0 aliphatic carbocycles. The van der Waals surface area contributed by atoms with Crippen molar-refractivity contribution >= 4 is 17.3 Å². The monoisotopic (exact) mass is 275 g/mol. The summed E-state index contributed by atoms with van der Waals surface area (Å²) in [5.41, 5.74) is 8.64. The zero-order valence-corrected chi connectivity index (χ0v) is 11.9. The fraction of sp³-hybridized carbons (Fsp3) is 0.250. The minimum absolute atomic E-state index is 0.0218. The summed E-state index contributed by atoms with van der Waals surface area (Å²) in [6, 6.07) is 13.5. The second-order valence-electron chi connectivity index (χ2n) is 4.53. The minimum atomic E-state index is -0.0218. The number of anilines is 1. The average Bonchev–Trinajstić information content (AvgIpc) is 2.41. The van der Waals surface area contributed by atoms with Gasteiger partial charge in [0.05, 0.1) is 0 Å². The van der Waals surface area contributed by atoms with Gasteiger partial charge in [0.25, 0.3) is 0 Å². The van der Waals surface area contributed by atoms with Crippen molar-refractivity contribution in [2.45, 2.75) is 26.4 Å². The first-order valence-electron chi connectivity index (χ1n) is 6.40. The minimum Gasteiger partial charge on any atom is -0.486 e. The number of aryl methyl sites for hydroxylation is 1. The maximum atomic E-state index is 6.10. The number of ether oxygens (including phenoxy) is 1. The van der Waals surface area contributed by atoms with Crippen LogP contribution in [0.15, 0.2) is 42.5 Å². The van der Waals surface area contributed by atoms with Gasteiger partial charge in [0.2, 0.25) is 0 Å². The first-order chi connectivity index (χ1) is 9.10. The Bertz CT molecular complexity index is 551. The van der Waals surface area contributed by atoms with Crippen LogP contribution in [-0.2, 0) is 6.42 Å². The lowest BCUT2D eigenvalue weighted by Gasteiger charge is -2.16. The number of halogens is 1. The van der Waals surface area contributed by atoms with Crippen LogP contribution < -0.4 is 10.5 Å². The summed E-state index contributed by atoms with van der Waals surface area (Å²) in [6.07, 6.45) is 0.873. The van der Waals surface area contributed by atoms with Crippen molar-refractivity contribution in [2.75, 3.05) is 5.73 Å². The van der Waals surface area contributed by atoms with Gasteiger partial charge in [-0.3, -0.25) is 0 Å². The third-order valence-corrected chi connectivity index (χ3v) is 3.49. The summed E-state index contributed by atoms with van der Waals surface area (Å²) in [7, 11) is 0. The molecule has 2 aromatic rings. The number of nitrogens with two attached hydrogens (primary N) is 1. The lowest BCUT2D eigenvalue weighted by molar-refractivity contribution is 0.227. The van der Waals surface area contributed by atoms with E-state index < -0.39 is 0 Å². The summed E-state index contributed by atoms with van der Waals surface area (Å²) >= 11 is 6.10. The van der Waals surface area contributed by atoms with E-state index in [1.165, 1.54) is 0 Å². The number of nitrogen functional groups attached to an aromatic ring is 1. The fourth-order valence-corrected chi connectivity index (χ4v) is 2.19. The van der Waals surface area contributed by atoms with Gasteiger partial charge in [0, 0.05) is 10.7 Å². The van der Waals surface area contributed by atoms with Gasteiger partial charge in [0.1, 0.15) is 11.9 Å². The molecule has 0 amide bonds. The van der Waals surface area contributed by atoms with E-state index in [1.807, 2.05) is 49.4 Å². The first kappa shape index (κ1) is 13.8. The van der Waals surface area contributed by atoms with Gasteiger partial charge in [-0.1, -0.05) is 30.7 Å². The van der Waals surface area contributed by atoms with Crippen molar-refractivity contribution in [1.82, 2.24) is 0 Å². The van der Waals surface area contributed by atoms with Crippen LogP contribution in [-0.4, -0.2) is 0 Å². The molecule has 0 spiro atoms. The summed E-state index contributed by atoms with van der Waals surface area (Å²) in [6.45, 7) is 4.10. The Kier molecular flexibility index (Phi) is 4.33. The molecule has 0 fully saturated rings. The highest BCUT2D eigenvalue weighted by atomic mass is 35.5. The lowest BCUT2D eigenvalue weighted by Crippen LogP contribution is -2.03. The summed E-state index contributed by atoms with van der Waals surface area (Å²) in [4.78, 5) is 0. The van der Waals surface area contributed by atoms with Gasteiger partial charge in [-0.2, -0.15) is 0 Å². The molecular formula is C16H18ClNO. The van der Waals surface area contributed by atoms with Gasteiger partial charge in [-0.05, 0) is 54.8 Å². The van der Waals surface area contributed by atoms with Crippen molar-refractivity contribution in [1.29, 1.82) is 0 Å². The standard InChI is InChI=1S/C16H18ClNO/c1-3-12-10-15(8-9-16(12)17)19-11(2)13-4-6-14(18)7-5-13/h4-11H,3,18H2,1-2H3. The smallest absolute Gasteiger partial charge is 0.121 e. The molecule has 0 heterocycles. The number of rotatable bonds is 4. The van der Waals surface area contributed by atoms with Crippen molar-refractivity contribution in [2.24, 2.45) is 0 Å². The van der Waals surface area contributed by atoms with E-state index in [0.29, 0.717) is 0 Å². The number of hydrogen-bond donors (Lipinski definition) is 1. The molecule has 2 aromatic carbocycles. The van der Waals surface area contributed by atoms with Gasteiger partial charge in [0.15, 0.2) is 0 Å². The van der Waals surface area contributed by atoms with Gasteiger partial charge in [-0.25, -0.2) is 0 Å². The highest BCUT2D eigenvalue weighted by Gasteiger charge is 2.08. The molecule has 0 aliphatic rings. The van der Waals surface area contributed by atoms with E-state index >= 15 is 0 Å². The molecule has 19 heavy (non-hydrogen) atoms. The molecule has 0 aliphatic heterocycles. The van der Waals surface area contributed by atoms with Crippen LogP contribution in [0.2, 0.25) is 5.02 Å². The van der Waals surface area contributed by atoms with Crippen molar-refractivity contribution in [3.8, 4) is 5.75 Å². The summed E-state index contributed by atoms with van der Waals surface area (Å²) in [5, 5.41) is 0.787. The van der Waals surface area contributed by atoms with Crippen LogP contribution in [0.4, 0.5) is 5.69 Å². The van der Waals surface area contributed by atoms with E-state index in [9.17, 15) is 0 Å². The number of hydrogen-bond acceptors (Lipinski definition) is 2. The fourth-order valence-electron chi connectivity index (χ4n) is 1.93. The molecule has 0 saturated carbocycles. The van der Waals surface area contributed by atoms with Crippen LogP contribution >= 0.6 is 11.6 Å². The molecule has 2 N–H and O–H groups in total. The maximum Gasteiger partial charge on any atom is 0.121 e. The molecule has 0 saturated heterocycles. The van der Waals surface area contributed by atoms with Crippen molar-refractivity contribution in [3.63, 3.8) is 0 Å². The highest BCUT2D eigenvalue weighted by molar-refractivity contribution is 6.31. The van der Waals surface area contributed by atoms with Crippen LogP contribution in [0, 0.1) is 0 Å². The summed E-state index contributed by atoms with van der Waals surface area (Å²) in [5.74, 6) is 0.838. The van der Waals surface area contributed by atoms with Crippen molar-refractivity contribution in [3.05, 3.63) is 58.6 Å². The highest BCUT2D eigenvalue weighted by Crippen LogP contribution is 2.26. The average molecular weight is 276 g/mol.